The third-order valence-corrected chi connectivity index (χ3v) is 2.91. The summed E-state index contributed by atoms with van der Waals surface area (Å²) in [7, 11) is 0. The van der Waals surface area contributed by atoms with Crippen LogP contribution in [-0.2, 0) is 0 Å². The van der Waals surface area contributed by atoms with Crippen LogP contribution in [0.2, 0.25) is 0 Å². The van der Waals surface area contributed by atoms with Gasteiger partial charge >= 0.3 is 5.97 Å². The van der Waals surface area contributed by atoms with E-state index in [1.54, 1.807) is 10.6 Å². The highest BCUT2D eigenvalue weighted by molar-refractivity contribution is 5.88. The third kappa shape index (κ3) is 2.01. The Labute approximate surface area is 111 Å². The Balaban J connectivity index is 2.15. The van der Waals surface area contributed by atoms with Gasteiger partial charge in [0.05, 0.1) is 11.3 Å². The lowest BCUT2D eigenvalue weighted by Crippen LogP contribution is -1.96. The molecule has 1 N–H and O–H groups in total. The van der Waals surface area contributed by atoms with Crippen LogP contribution in [0.15, 0.2) is 42.7 Å². The van der Waals surface area contributed by atoms with E-state index in [9.17, 15) is 13.6 Å². The van der Waals surface area contributed by atoms with Crippen molar-refractivity contribution in [3.8, 4) is 11.3 Å². The number of halogens is 2. The Hall–Kier alpha value is -2.76. The minimum atomic E-state index is -1.06. The highest BCUT2D eigenvalue weighted by atomic mass is 19.1. The number of imidazole rings is 1. The van der Waals surface area contributed by atoms with Gasteiger partial charge in [0.2, 0.25) is 0 Å². The number of benzene rings is 1. The van der Waals surface area contributed by atoms with Crippen LogP contribution in [0.4, 0.5) is 8.78 Å². The molecule has 2 aromatic heterocycles. The molecule has 0 radical (unpaired) electrons. The van der Waals surface area contributed by atoms with Gasteiger partial charge in [-0.1, -0.05) is 0 Å². The Kier molecular flexibility index (Phi) is 2.71. The number of nitrogens with zero attached hydrogens (tertiary/aromatic N) is 2. The van der Waals surface area contributed by atoms with E-state index in [2.05, 4.69) is 4.98 Å². The van der Waals surface area contributed by atoms with Crippen molar-refractivity contribution < 1.29 is 18.7 Å². The van der Waals surface area contributed by atoms with E-state index in [1.807, 2.05) is 0 Å². The van der Waals surface area contributed by atoms with E-state index in [1.165, 1.54) is 24.4 Å². The molecule has 4 nitrogen and oxygen atoms in total. The van der Waals surface area contributed by atoms with Crippen molar-refractivity contribution in [2.24, 2.45) is 0 Å². The number of rotatable bonds is 2. The van der Waals surface area contributed by atoms with Crippen LogP contribution in [0, 0.1) is 11.6 Å². The Morgan fingerprint density at radius 2 is 2.00 bits per heavy atom. The van der Waals surface area contributed by atoms with Crippen molar-refractivity contribution in [3.63, 3.8) is 0 Å². The van der Waals surface area contributed by atoms with Gasteiger partial charge in [0.1, 0.15) is 17.3 Å². The molecule has 0 aliphatic carbocycles. The molecule has 0 aliphatic heterocycles. The van der Waals surface area contributed by atoms with Crippen LogP contribution in [0.5, 0.6) is 0 Å². The van der Waals surface area contributed by atoms with Crippen LogP contribution < -0.4 is 0 Å². The second-order valence-corrected chi connectivity index (χ2v) is 4.24. The van der Waals surface area contributed by atoms with E-state index in [0.717, 1.165) is 12.1 Å². The standard InChI is InChI=1S/C14H8F2N2O2/c15-9-1-2-10(11(16)6-9)12-7-18-4-3-8(14(19)20)5-13(18)17-12/h1-7H,(H,19,20). The zero-order valence-electron chi connectivity index (χ0n) is 10.0. The minimum Gasteiger partial charge on any atom is -0.478 e. The molecule has 1 aromatic carbocycles. The van der Waals surface area contributed by atoms with Crippen molar-refractivity contribution in [1.29, 1.82) is 0 Å². The number of carboxylic acids is 1. The van der Waals surface area contributed by atoms with Gasteiger partial charge < -0.3 is 9.51 Å². The minimum absolute atomic E-state index is 0.0919. The van der Waals surface area contributed by atoms with Crippen molar-refractivity contribution >= 4 is 11.6 Å². The summed E-state index contributed by atoms with van der Waals surface area (Å²) in [5.41, 5.74) is 0.940. The molecule has 0 bridgehead atoms. The largest absolute Gasteiger partial charge is 0.478 e. The van der Waals surface area contributed by atoms with Gasteiger partial charge in [0.25, 0.3) is 0 Å². The topological polar surface area (TPSA) is 54.6 Å². The monoisotopic (exact) mass is 274 g/mol. The van der Waals surface area contributed by atoms with Crippen LogP contribution in [0.1, 0.15) is 10.4 Å². The number of hydrogen-bond acceptors (Lipinski definition) is 2. The molecule has 2 heterocycles. The average Bonchev–Trinajstić information content (AvgIpc) is 2.80. The van der Waals surface area contributed by atoms with Crippen LogP contribution in [0.25, 0.3) is 16.9 Å². The third-order valence-electron chi connectivity index (χ3n) is 2.91. The lowest BCUT2D eigenvalue weighted by Gasteiger charge is -1.98. The average molecular weight is 274 g/mol. The maximum atomic E-state index is 13.7. The fourth-order valence-electron chi connectivity index (χ4n) is 1.94. The lowest BCUT2D eigenvalue weighted by atomic mass is 10.1. The van der Waals surface area contributed by atoms with Gasteiger partial charge in [-0.3, -0.25) is 0 Å². The quantitative estimate of drug-likeness (QED) is 0.781. The van der Waals surface area contributed by atoms with E-state index in [-0.39, 0.29) is 11.1 Å². The predicted octanol–water partition coefficient (Wildman–Crippen LogP) is 2.98. The van der Waals surface area contributed by atoms with Gasteiger partial charge in [-0.25, -0.2) is 18.6 Å². The van der Waals surface area contributed by atoms with E-state index in [4.69, 9.17) is 5.11 Å². The number of pyridine rings is 1. The summed E-state index contributed by atoms with van der Waals surface area (Å²) in [4.78, 5) is 15.0. The van der Waals surface area contributed by atoms with E-state index >= 15 is 0 Å². The summed E-state index contributed by atoms with van der Waals surface area (Å²) in [6, 6.07) is 6.02. The molecule has 0 amide bonds. The van der Waals surface area contributed by atoms with Crippen molar-refractivity contribution in [2.75, 3.05) is 0 Å². The molecule has 3 rings (SSSR count). The molecular weight excluding hydrogens is 266 g/mol. The van der Waals surface area contributed by atoms with Crippen molar-refractivity contribution in [1.82, 2.24) is 9.38 Å². The summed E-state index contributed by atoms with van der Waals surface area (Å²) >= 11 is 0. The molecule has 0 atom stereocenters. The van der Waals surface area contributed by atoms with Crippen LogP contribution in [0.3, 0.4) is 0 Å². The summed E-state index contributed by atoms with van der Waals surface area (Å²) in [5, 5.41) is 8.90. The Morgan fingerprint density at radius 3 is 2.70 bits per heavy atom. The van der Waals surface area contributed by atoms with Gasteiger partial charge in [-0.05, 0) is 24.3 Å². The fourth-order valence-corrected chi connectivity index (χ4v) is 1.94. The van der Waals surface area contributed by atoms with Crippen LogP contribution >= 0.6 is 0 Å². The number of fused-ring (bicyclic) bond motifs is 1. The second-order valence-electron chi connectivity index (χ2n) is 4.24. The molecule has 6 heteroatoms. The molecule has 0 saturated carbocycles. The molecule has 0 saturated heterocycles. The second kappa shape index (κ2) is 4.41. The summed E-state index contributed by atoms with van der Waals surface area (Å²) in [6.07, 6.45) is 3.08. The zero-order valence-corrected chi connectivity index (χ0v) is 10.0. The molecule has 0 fully saturated rings. The summed E-state index contributed by atoms with van der Waals surface area (Å²) in [5.74, 6) is -2.44. The maximum absolute atomic E-state index is 13.7. The molecule has 0 unspecified atom stereocenters. The molecule has 0 spiro atoms. The summed E-state index contributed by atoms with van der Waals surface area (Å²) in [6.45, 7) is 0. The van der Waals surface area contributed by atoms with E-state index in [0.29, 0.717) is 11.3 Å². The van der Waals surface area contributed by atoms with Crippen molar-refractivity contribution in [2.45, 2.75) is 0 Å². The summed E-state index contributed by atoms with van der Waals surface area (Å²) < 4.78 is 28.1. The van der Waals surface area contributed by atoms with Gasteiger partial charge in [-0.2, -0.15) is 0 Å². The first kappa shape index (κ1) is 12.3. The molecule has 20 heavy (non-hydrogen) atoms. The van der Waals surface area contributed by atoms with Gasteiger partial charge in [0, 0.05) is 24.0 Å². The molecule has 3 aromatic rings. The number of aromatic nitrogens is 2. The number of aromatic carboxylic acids is 1. The predicted molar refractivity (Wildman–Crippen MR) is 67.5 cm³/mol. The Morgan fingerprint density at radius 1 is 1.20 bits per heavy atom. The first-order valence-corrected chi connectivity index (χ1v) is 5.72. The fraction of sp³-hybridized carbons (Fsp3) is 0. The van der Waals surface area contributed by atoms with E-state index < -0.39 is 17.6 Å². The van der Waals surface area contributed by atoms with Gasteiger partial charge in [-0.15, -0.1) is 0 Å². The number of carboxylic acid groups (broad SMARTS) is 1. The first-order valence-electron chi connectivity index (χ1n) is 5.72. The highest BCUT2D eigenvalue weighted by Crippen LogP contribution is 2.23. The van der Waals surface area contributed by atoms with Crippen LogP contribution in [-0.4, -0.2) is 20.5 Å². The highest BCUT2D eigenvalue weighted by Gasteiger charge is 2.11. The molecule has 0 aliphatic rings. The zero-order chi connectivity index (χ0) is 14.3. The Bertz CT molecular complexity index is 827. The number of hydrogen-bond donors (Lipinski definition) is 1. The molecule has 100 valence electrons. The van der Waals surface area contributed by atoms with Gasteiger partial charge in [0.15, 0.2) is 0 Å². The molecular formula is C14H8F2N2O2. The smallest absolute Gasteiger partial charge is 0.335 e. The number of carbonyl (C=O) groups is 1. The van der Waals surface area contributed by atoms with Crippen molar-refractivity contribution in [3.05, 3.63) is 59.9 Å². The first-order chi connectivity index (χ1) is 9.54. The SMILES string of the molecule is O=C(O)c1ccn2cc(-c3ccc(F)cc3F)nc2c1. The maximum Gasteiger partial charge on any atom is 0.335 e. The lowest BCUT2D eigenvalue weighted by molar-refractivity contribution is 0.0697. The normalized spacial score (nSPS) is 10.9.